The van der Waals surface area contributed by atoms with Crippen LogP contribution in [0.4, 0.5) is 0 Å². The quantitative estimate of drug-likeness (QED) is 0.559. The van der Waals surface area contributed by atoms with Gasteiger partial charge in [0.15, 0.2) is 6.29 Å². The molecule has 2 N–H and O–H groups in total. The molecule has 4 atom stereocenters. The van der Waals surface area contributed by atoms with Gasteiger partial charge in [0.05, 0.1) is 12.2 Å². The fraction of sp³-hybridized carbons (Fsp3) is 1.00. The third-order valence-corrected chi connectivity index (χ3v) is 2.35. The van der Waals surface area contributed by atoms with Gasteiger partial charge in [-0.25, -0.2) is 0 Å². The highest BCUT2D eigenvalue weighted by Gasteiger charge is 2.35. The van der Waals surface area contributed by atoms with E-state index in [9.17, 15) is 10.2 Å². The molecule has 1 rings (SSSR count). The van der Waals surface area contributed by atoms with Crippen LogP contribution in [0.1, 0.15) is 13.3 Å². The molecule has 1 unspecified atom stereocenters. The molecular weight excluding hydrogens is 158 g/mol. The van der Waals surface area contributed by atoms with Crippen molar-refractivity contribution in [3.05, 3.63) is 0 Å². The molecule has 0 spiro atoms. The summed E-state index contributed by atoms with van der Waals surface area (Å²) in [5.41, 5.74) is 0. The largest absolute Gasteiger partial charge is 0.389 e. The van der Waals surface area contributed by atoms with Crippen LogP contribution in [0, 0.1) is 0 Å². The zero-order valence-electron chi connectivity index (χ0n) is 7.77. The van der Waals surface area contributed by atoms with Crippen LogP contribution in [0.5, 0.6) is 0 Å². The highest BCUT2D eigenvalue weighted by molar-refractivity contribution is 4.85. The van der Waals surface area contributed by atoms with Crippen LogP contribution in [0.25, 0.3) is 0 Å². The van der Waals surface area contributed by atoms with Gasteiger partial charge in [0.1, 0.15) is 0 Å². The van der Waals surface area contributed by atoms with Gasteiger partial charge in [-0.05, 0) is 21.0 Å². The first-order valence-electron chi connectivity index (χ1n) is 4.20. The van der Waals surface area contributed by atoms with E-state index in [1.54, 1.807) is 6.92 Å². The summed E-state index contributed by atoms with van der Waals surface area (Å²) in [6.45, 7) is 1.77. The zero-order valence-corrected chi connectivity index (χ0v) is 7.77. The smallest absolute Gasteiger partial charge is 0.156 e. The molecule has 1 heterocycles. The lowest BCUT2D eigenvalue weighted by Gasteiger charge is -2.39. The minimum Gasteiger partial charge on any atom is -0.389 e. The fourth-order valence-electron chi connectivity index (χ4n) is 1.56. The SMILES string of the molecule is C[C@H]1OC(O)C[C@@H](N(C)C)[C@@H]1O. The first-order valence-corrected chi connectivity index (χ1v) is 4.20. The Morgan fingerprint density at radius 3 is 2.42 bits per heavy atom. The maximum Gasteiger partial charge on any atom is 0.156 e. The number of hydrogen-bond donors (Lipinski definition) is 2. The van der Waals surface area contributed by atoms with Gasteiger partial charge >= 0.3 is 0 Å². The van der Waals surface area contributed by atoms with Crippen LogP contribution in [0.15, 0.2) is 0 Å². The highest BCUT2D eigenvalue weighted by Crippen LogP contribution is 2.21. The summed E-state index contributed by atoms with van der Waals surface area (Å²) in [7, 11) is 3.78. The normalized spacial score (nSPS) is 43.5. The maximum atomic E-state index is 9.65. The van der Waals surface area contributed by atoms with Crippen molar-refractivity contribution in [2.24, 2.45) is 0 Å². The number of rotatable bonds is 1. The topological polar surface area (TPSA) is 52.9 Å². The van der Waals surface area contributed by atoms with E-state index in [4.69, 9.17) is 4.74 Å². The standard InChI is InChI=1S/C8H17NO3/c1-5-8(11)6(9(2)3)4-7(10)12-5/h5-8,10-11H,4H2,1-3H3/t5-,6-,7?,8-/m1/s1. The van der Waals surface area contributed by atoms with Crippen molar-refractivity contribution in [1.29, 1.82) is 0 Å². The Labute approximate surface area is 72.7 Å². The van der Waals surface area contributed by atoms with Crippen molar-refractivity contribution >= 4 is 0 Å². The minimum absolute atomic E-state index is 0.0104. The van der Waals surface area contributed by atoms with Crippen molar-refractivity contribution in [2.75, 3.05) is 14.1 Å². The van der Waals surface area contributed by atoms with Crippen molar-refractivity contribution in [1.82, 2.24) is 4.90 Å². The molecule has 0 aliphatic carbocycles. The first-order chi connectivity index (χ1) is 5.52. The third-order valence-electron chi connectivity index (χ3n) is 2.35. The van der Waals surface area contributed by atoms with Gasteiger partial charge in [-0.2, -0.15) is 0 Å². The molecule has 4 nitrogen and oxygen atoms in total. The van der Waals surface area contributed by atoms with Gasteiger partial charge in [0.2, 0.25) is 0 Å². The molecule has 12 heavy (non-hydrogen) atoms. The molecule has 0 aromatic heterocycles. The van der Waals surface area contributed by atoms with E-state index in [1.165, 1.54) is 0 Å². The minimum atomic E-state index is -0.740. The zero-order chi connectivity index (χ0) is 9.30. The highest BCUT2D eigenvalue weighted by atomic mass is 16.6. The number of hydrogen-bond acceptors (Lipinski definition) is 4. The number of nitrogens with zero attached hydrogens (tertiary/aromatic N) is 1. The molecule has 1 aliphatic heterocycles. The lowest BCUT2D eigenvalue weighted by molar-refractivity contribution is -0.212. The Hall–Kier alpha value is -0.160. The summed E-state index contributed by atoms with van der Waals surface area (Å²) < 4.78 is 5.06. The molecule has 0 aromatic carbocycles. The average Bonchev–Trinajstić information content (AvgIpc) is 1.96. The van der Waals surface area contributed by atoms with E-state index in [0.717, 1.165) is 0 Å². The van der Waals surface area contributed by atoms with Crippen molar-refractivity contribution < 1.29 is 14.9 Å². The van der Waals surface area contributed by atoms with Gasteiger partial charge in [-0.15, -0.1) is 0 Å². The Morgan fingerprint density at radius 1 is 1.33 bits per heavy atom. The van der Waals surface area contributed by atoms with Crippen molar-refractivity contribution in [3.8, 4) is 0 Å². The van der Waals surface area contributed by atoms with E-state index in [0.29, 0.717) is 6.42 Å². The van der Waals surface area contributed by atoms with Crippen LogP contribution in [-0.2, 0) is 4.74 Å². The number of likely N-dealkylation sites (N-methyl/N-ethyl adjacent to an activating group) is 1. The predicted molar refractivity (Wildman–Crippen MR) is 44.7 cm³/mol. The summed E-state index contributed by atoms with van der Waals surface area (Å²) >= 11 is 0. The van der Waals surface area contributed by atoms with Gasteiger partial charge in [0.25, 0.3) is 0 Å². The number of aliphatic hydroxyl groups is 2. The lowest BCUT2D eigenvalue weighted by Crippen LogP contribution is -2.52. The predicted octanol–water partition coefficient (Wildman–Crippen LogP) is -0.595. The van der Waals surface area contributed by atoms with Crippen LogP contribution >= 0.6 is 0 Å². The molecule has 0 amide bonds. The summed E-state index contributed by atoms with van der Waals surface area (Å²) in [5.74, 6) is 0. The fourth-order valence-corrected chi connectivity index (χ4v) is 1.56. The molecule has 0 aromatic rings. The van der Waals surface area contributed by atoms with E-state index < -0.39 is 12.4 Å². The molecular formula is C8H17NO3. The van der Waals surface area contributed by atoms with E-state index in [2.05, 4.69) is 0 Å². The van der Waals surface area contributed by atoms with E-state index in [-0.39, 0.29) is 12.1 Å². The molecule has 1 fully saturated rings. The van der Waals surface area contributed by atoms with Crippen LogP contribution in [0.3, 0.4) is 0 Å². The Morgan fingerprint density at radius 2 is 1.92 bits per heavy atom. The number of aliphatic hydroxyl groups excluding tert-OH is 2. The second-order valence-corrected chi connectivity index (χ2v) is 3.55. The lowest BCUT2D eigenvalue weighted by atomic mass is 9.99. The Kier molecular flexibility index (Phi) is 3.06. The molecule has 0 radical (unpaired) electrons. The Bertz CT molecular complexity index is 151. The molecule has 1 aliphatic rings. The molecule has 0 saturated carbocycles. The summed E-state index contributed by atoms with van der Waals surface area (Å²) in [5, 5.41) is 18.9. The Balaban J connectivity index is 2.60. The van der Waals surface area contributed by atoms with Gasteiger partial charge in [0, 0.05) is 12.5 Å². The van der Waals surface area contributed by atoms with Gasteiger partial charge in [-0.3, -0.25) is 0 Å². The monoisotopic (exact) mass is 175 g/mol. The summed E-state index contributed by atoms with van der Waals surface area (Å²) in [4.78, 5) is 1.91. The molecule has 4 heteroatoms. The second kappa shape index (κ2) is 3.70. The average molecular weight is 175 g/mol. The summed E-state index contributed by atoms with van der Waals surface area (Å²) in [6, 6.07) is -0.0104. The van der Waals surface area contributed by atoms with Crippen LogP contribution in [0.2, 0.25) is 0 Å². The second-order valence-electron chi connectivity index (χ2n) is 3.55. The molecule has 72 valence electrons. The van der Waals surface area contributed by atoms with E-state index >= 15 is 0 Å². The maximum absolute atomic E-state index is 9.65. The van der Waals surface area contributed by atoms with E-state index in [1.807, 2.05) is 19.0 Å². The van der Waals surface area contributed by atoms with Crippen LogP contribution in [-0.4, -0.2) is 53.7 Å². The van der Waals surface area contributed by atoms with Crippen molar-refractivity contribution in [2.45, 2.75) is 37.9 Å². The third kappa shape index (κ3) is 1.95. The molecule has 1 saturated heterocycles. The molecule has 0 bridgehead atoms. The van der Waals surface area contributed by atoms with Crippen molar-refractivity contribution in [3.63, 3.8) is 0 Å². The van der Waals surface area contributed by atoms with Gasteiger partial charge < -0.3 is 19.8 Å². The van der Waals surface area contributed by atoms with Gasteiger partial charge in [-0.1, -0.05) is 0 Å². The number of ether oxygens (including phenoxy) is 1. The first kappa shape index (κ1) is 9.92. The summed E-state index contributed by atoms with van der Waals surface area (Å²) in [6.07, 6.45) is -1.07. The van der Waals surface area contributed by atoms with Crippen LogP contribution < -0.4 is 0 Å².